The van der Waals surface area contributed by atoms with Crippen molar-refractivity contribution in [2.45, 2.75) is 6.61 Å². The lowest BCUT2D eigenvalue weighted by molar-refractivity contribution is -0.0390. The summed E-state index contributed by atoms with van der Waals surface area (Å²) in [5.74, 6) is 0. The van der Waals surface area contributed by atoms with Crippen LogP contribution >= 0.6 is 27.5 Å². The van der Waals surface area contributed by atoms with E-state index in [9.17, 15) is 0 Å². The molecule has 72 valence electrons. The van der Waals surface area contributed by atoms with Crippen molar-refractivity contribution in [3.05, 3.63) is 33.3 Å². The predicted molar refractivity (Wildman–Crippen MR) is 55.8 cm³/mol. The average molecular weight is 266 g/mol. The van der Waals surface area contributed by atoms with Gasteiger partial charge in [0.15, 0.2) is 0 Å². The molecule has 1 aromatic carbocycles. The van der Waals surface area contributed by atoms with E-state index < -0.39 is 0 Å². The van der Waals surface area contributed by atoms with Crippen LogP contribution in [0, 0.1) is 0 Å². The Morgan fingerprint density at radius 2 is 2.23 bits per heavy atom. The molecule has 0 atom stereocenters. The van der Waals surface area contributed by atoms with E-state index in [1.807, 2.05) is 18.2 Å². The van der Waals surface area contributed by atoms with Crippen LogP contribution in [-0.4, -0.2) is 13.9 Å². The minimum absolute atomic E-state index is 0.281. The zero-order valence-corrected chi connectivity index (χ0v) is 9.56. The van der Waals surface area contributed by atoms with Crippen LogP contribution in [0.15, 0.2) is 22.7 Å². The maximum absolute atomic E-state index is 6.00. The summed E-state index contributed by atoms with van der Waals surface area (Å²) >= 11 is 9.34. The van der Waals surface area contributed by atoms with E-state index in [0.29, 0.717) is 11.6 Å². The third-order valence-corrected chi connectivity index (χ3v) is 2.83. The van der Waals surface area contributed by atoms with Crippen molar-refractivity contribution in [3.63, 3.8) is 0 Å². The number of hydrogen-bond acceptors (Lipinski definition) is 2. The van der Waals surface area contributed by atoms with Crippen LogP contribution in [0.2, 0.25) is 5.02 Å². The molecule has 0 radical (unpaired) electrons. The van der Waals surface area contributed by atoms with Gasteiger partial charge in [-0.25, -0.2) is 0 Å². The Kier molecular flexibility index (Phi) is 4.73. The highest BCUT2D eigenvalue weighted by Gasteiger charge is 2.02. The standard InChI is InChI=1S/C9H10BrClO2/c1-12-6-13-5-7-3-2-4-8(10)9(7)11/h2-4H,5-6H2,1H3. The van der Waals surface area contributed by atoms with Crippen LogP contribution in [-0.2, 0) is 16.1 Å². The van der Waals surface area contributed by atoms with Crippen molar-refractivity contribution in [3.8, 4) is 0 Å². The Morgan fingerprint density at radius 1 is 1.46 bits per heavy atom. The summed E-state index contributed by atoms with van der Waals surface area (Å²) in [5, 5.41) is 0.693. The highest BCUT2D eigenvalue weighted by Crippen LogP contribution is 2.26. The molecule has 1 rings (SSSR count). The molecule has 0 fully saturated rings. The van der Waals surface area contributed by atoms with E-state index in [0.717, 1.165) is 10.0 Å². The van der Waals surface area contributed by atoms with Gasteiger partial charge in [0.05, 0.1) is 11.6 Å². The van der Waals surface area contributed by atoms with Crippen LogP contribution in [0.1, 0.15) is 5.56 Å². The van der Waals surface area contributed by atoms with E-state index in [1.54, 1.807) is 7.11 Å². The van der Waals surface area contributed by atoms with Crippen LogP contribution in [0.25, 0.3) is 0 Å². The Morgan fingerprint density at radius 3 is 2.92 bits per heavy atom. The van der Waals surface area contributed by atoms with E-state index in [4.69, 9.17) is 21.1 Å². The third-order valence-electron chi connectivity index (χ3n) is 1.49. The van der Waals surface area contributed by atoms with Crippen molar-refractivity contribution >= 4 is 27.5 Å². The maximum Gasteiger partial charge on any atom is 0.146 e. The topological polar surface area (TPSA) is 18.5 Å². The lowest BCUT2D eigenvalue weighted by atomic mass is 10.2. The van der Waals surface area contributed by atoms with Crippen LogP contribution in [0.4, 0.5) is 0 Å². The van der Waals surface area contributed by atoms with E-state index in [-0.39, 0.29) is 6.79 Å². The van der Waals surface area contributed by atoms with Gasteiger partial charge in [-0.3, -0.25) is 0 Å². The Balaban J connectivity index is 2.61. The smallest absolute Gasteiger partial charge is 0.146 e. The summed E-state index contributed by atoms with van der Waals surface area (Å²) in [5.41, 5.74) is 0.952. The van der Waals surface area contributed by atoms with E-state index in [1.165, 1.54) is 0 Å². The molecule has 1 aromatic rings. The summed E-state index contributed by atoms with van der Waals surface area (Å²) < 4.78 is 10.8. The fraction of sp³-hybridized carbons (Fsp3) is 0.333. The number of methoxy groups -OCH3 is 1. The fourth-order valence-corrected chi connectivity index (χ4v) is 1.48. The van der Waals surface area contributed by atoms with Crippen molar-refractivity contribution in [2.75, 3.05) is 13.9 Å². The van der Waals surface area contributed by atoms with Crippen LogP contribution < -0.4 is 0 Å². The highest BCUT2D eigenvalue weighted by atomic mass is 79.9. The van der Waals surface area contributed by atoms with Gasteiger partial charge in [0, 0.05) is 11.6 Å². The molecule has 0 aromatic heterocycles. The molecule has 0 spiro atoms. The second-order valence-corrected chi connectivity index (χ2v) is 3.70. The summed E-state index contributed by atoms with van der Waals surface area (Å²) in [6, 6.07) is 5.73. The fourth-order valence-electron chi connectivity index (χ4n) is 0.895. The van der Waals surface area contributed by atoms with Gasteiger partial charge in [-0.1, -0.05) is 23.7 Å². The molecule has 2 nitrogen and oxygen atoms in total. The first-order valence-corrected chi connectivity index (χ1v) is 4.92. The number of rotatable bonds is 4. The van der Waals surface area contributed by atoms with Crippen LogP contribution in [0.3, 0.4) is 0 Å². The van der Waals surface area contributed by atoms with Crippen LogP contribution in [0.5, 0.6) is 0 Å². The molecule has 0 N–H and O–H groups in total. The summed E-state index contributed by atoms with van der Waals surface area (Å²) in [6.07, 6.45) is 0. The van der Waals surface area contributed by atoms with Gasteiger partial charge >= 0.3 is 0 Å². The zero-order chi connectivity index (χ0) is 9.68. The molecule has 0 aliphatic heterocycles. The lowest BCUT2D eigenvalue weighted by Crippen LogP contribution is -1.97. The Hall–Kier alpha value is -0.0900. The quantitative estimate of drug-likeness (QED) is 0.615. The summed E-state index contributed by atoms with van der Waals surface area (Å²) in [6.45, 7) is 0.745. The Labute approximate surface area is 90.9 Å². The molecule has 0 saturated carbocycles. The molecule has 4 heteroatoms. The number of ether oxygens (including phenoxy) is 2. The summed E-state index contributed by atoms with van der Waals surface area (Å²) in [4.78, 5) is 0. The largest absolute Gasteiger partial charge is 0.359 e. The molecule has 0 aliphatic carbocycles. The van der Waals surface area contributed by atoms with Crippen molar-refractivity contribution in [2.24, 2.45) is 0 Å². The average Bonchev–Trinajstić information content (AvgIpc) is 2.13. The molecular weight excluding hydrogens is 255 g/mol. The van der Waals surface area contributed by atoms with Crippen molar-refractivity contribution in [1.29, 1.82) is 0 Å². The molecule has 0 aliphatic rings. The van der Waals surface area contributed by atoms with E-state index >= 15 is 0 Å². The van der Waals surface area contributed by atoms with E-state index in [2.05, 4.69) is 15.9 Å². The van der Waals surface area contributed by atoms with Gasteiger partial charge in [-0.05, 0) is 27.6 Å². The SMILES string of the molecule is COCOCc1cccc(Br)c1Cl. The van der Waals surface area contributed by atoms with Gasteiger partial charge in [0.1, 0.15) is 6.79 Å². The van der Waals surface area contributed by atoms with Gasteiger partial charge in [0.2, 0.25) is 0 Å². The zero-order valence-electron chi connectivity index (χ0n) is 7.22. The highest BCUT2D eigenvalue weighted by molar-refractivity contribution is 9.10. The van der Waals surface area contributed by atoms with Gasteiger partial charge in [-0.15, -0.1) is 0 Å². The number of hydrogen-bond donors (Lipinski definition) is 0. The molecule has 0 amide bonds. The monoisotopic (exact) mass is 264 g/mol. The normalized spacial score (nSPS) is 10.4. The predicted octanol–water partition coefficient (Wildman–Crippen LogP) is 3.22. The summed E-state index contributed by atoms with van der Waals surface area (Å²) in [7, 11) is 1.59. The lowest BCUT2D eigenvalue weighted by Gasteiger charge is -2.05. The van der Waals surface area contributed by atoms with Crippen molar-refractivity contribution in [1.82, 2.24) is 0 Å². The second kappa shape index (κ2) is 5.60. The maximum atomic E-state index is 6.00. The Bertz CT molecular complexity index is 278. The molecule has 13 heavy (non-hydrogen) atoms. The first-order valence-electron chi connectivity index (χ1n) is 3.75. The molecular formula is C9H10BrClO2. The first-order chi connectivity index (χ1) is 6.25. The minimum Gasteiger partial charge on any atom is -0.359 e. The minimum atomic E-state index is 0.281. The van der Waals surface area contributed by atoms with Crippen molar-refractivity contribution < 1.29 is 9.47 Å². The van der Waals surface area contributed by atoms with Gasteiger partial charge < -0.3 is 9.47 Å². The molecule has 0 unspecified atom stereocenters. The second-order valence-electron chi connectivity index (χ2n) is 2.47. The van der Waals surface area contributed by atoms with Gasteiger partial charge in [0.25, 0.3) is 0 Å². The third kappa shape index (κ3) is 3.27. The molecule has 0 bridgehead atoms. The first kappa shape index (κ1) is 11.0. The van der Waals surface area contributed by atoms with Gasteiger partial charge in [-0.2, -0.15) is 0 Å². The molecule has 0 saturated heterocycles. The number of halogens is 2. The number of benzene rings is 1. The molecule has 0 heterocycles.